The molecule has 0 saturated carbocycles. The van der Waals surface area contributed by atoms with Crippen LogP contribution in [0.4, 0.5) is 0 Å². The average Bonchev–Trinajstić information content (AvgIpc) is 2.94. The molecule has 0 rings (SSSR count). The van der Waals surface area contributed by atoms with Crippen LogP contribution >= 0.6 is 7.82 Å². The summed E-state index contributed by atoms with van der Waals surface area (Å²) in [6, 6.07) is -0.883. The highest BCUT2D eigenvalue weighted by molar-refractivity contribution is 7.45. The van der Waals surface area contributed by atoms with Crippen molar-refractivity contribution in [3.63, 3.8) is 0 Å². The molecule has 0 spiro atoms. The topological polar surface area (TPSA) is 108 Å². The first-order valence-electron chi connectivity index (χ1n) is 17.2. The highest BCUT2D eigenvalue weighted by Crippen LogP contribution is 2.38. The van der Waals surface area contributed by atoms with E-state index in [0.717, 1.165) is 64.2 Å². The van der Waals surface area contributed by atoms with Crippen LogP contribution < -0.4 is 10.2 Å². The molecule has 3 atom stereocenters. The minimum atomic E-state index is -4.57. The summed E-state index contributed by atoms with van der Waals surface area (Å²) in [6.07, 6.45) is 27.9. The van der Waals surface area contributed by atoms with Crippen LogP contribution in [0.15, 0.2) is 24.3 Å². The van der Waals surface area contributed by atoms with Gasteiger partial charge in [0.25, 0.3) is 7.82 Å². The molecule has 1 amide bonds. The Kier molecular flexibility index (Phi) is 26.7. The summed E-state index contributed by atoms with van der Waals surface area (Å²) in [5.74, 6) is -0.214. The van der Waals surface area contributed by atoms with Gasteiger partial charge in [-0.3, -0.25) is 9.36 Å². The van der Waals surface area contributed by atoms with E-state index in [1.54, 1.807) is 6.08 Å². The highest BCUT2D eigenvalue weighted by Gasteiger charge is 2.23. The molecule has 0 radical (unpaired) electrons. The maximum absolute atomic E-state index is 12.7. The van der Waals surface area contributed by atoms with Crippen molar-refractivity contribution in [1.82, 2.24) is 5.32 Å². The number of unbranched alkanes of at least 4 members (excludes halogenated alkanes) is 15. The lowest BCUT2D eigenvalue weighted by Crippen LogP contribution is -2.45. The van der Waals surface area contributed by atoms with Crippen LogP contribution in [0, 0.1) is 0 Å². The SMILES string of the molecule is CCC/C=C\CCCCCCCC(=O)NC(COP(=O)([O-])OCC[N+](C)(C)C)C(O)/C=C/CCCCCCCCCCC. The smallest absolute Gasteiger partial charge is 0.268 e. The number of phosphoric ester groups is 1. The van der Waals surface area contributed by atoms with Crippen LogP contribution in [0.5, 0.6) is 0 Å². The van der Waals surface area contributed by atoms with Crippen molar-refractivity contribution in [1.29, 1.82) is 0 Å². The number of hydrogen-bond acceptors (Lipinski definition) is 6. The average molecular weight is 631 g/mol. The fourth-order valence-electron chi connectivity index (χ4n) is 4.56. The zero-order chi connectivity index (χ0) is 32.2. The molecule has 0 aromatic rings. The summed E-state index contributed by atoms with van der Waals surface area (Å²) < 4.78 is 23.0. The van der Waals surface area contributed by atoms with Crippen LogP contribution in [0.25, 0.3) is 0 Å². The van der Waals surface area contributed by atoms with Gasteiger partial charge in [0.15, 0.2) is 0 Å². The van der Waals surface area contributed by atoms with Crippen molar-refractivity contribution in [2.45, 2.75) is 148 Å². The van der Waals surface area contributed by atoms with Gasteiger partial charge in [-0.25, -0.2) is 0 Å². The van der Waals surface area contributed by atoms with Gasteiger partial charge in [0.2, 0.25) is 5.91 Å². The van der Waals surface area contributed by atoms with Crippen LogP contribution in [-0.2, 0) is 18.4 Å². The molecule has 2 N–H and O–H groups in total. The number of aliphatic hydroxyl groups is 1. The van der Waals surface area contributed by atoms with Gasteiger partial charge in [0, 0.05) is 6.42 Å². The number of quaternary nitrogens is 1. The number of carbonyl (C=O) groups is 1. The number of nitrogens with zero attached hydrogens (tertiary/aromatic N) is 1. The fourth-order valence-corrected chi connectivity index (χ4v) is 5.29. The second kappa shape index (κ2) is 27.3. The lowest BCUT2D eigenvalue weighted by molar-refractivity contribution is -0.870. The maximum Gasteiger partial charge on any atom is 0.268 e. The van der Waals surface area contributed by atoms with E-state index in [9.17, 15) is 19.4 Å². The molecule has 3 unspecified atom stereocenters. The second-order valence-electron chi connectivity index (χ2n) is 12.9. The molecule has 254 valence electrons. The molecule has 0 bridgehead atoms. The summed E-state index contributed by atoms with van der Waals surface area (Å²) in [5, 5.41) is 13.6. The largest absolute Gasteiger partial charge is 0.756 e. The Bertz CT molecular complexity index is 768. The fraction of sp³-hybridized carbons (Fsp3) is 0.853. The Balaban J connectivity index is 4.64. The molecule has 0 aromatic heterocycles. The number of allylic oxidation sites excluding steroid dienone is 3. The molecular formula is C34H67N2O6P. The van der Waals surface area contributed by atoms with E-state index >= 15 is 0 Å². The van der Waals surface area contributed by atoms with Crippen molar-refractivity contribution < 1.29 is 32.9 Å². The molecule has 9 heteroatoms. The van der Waals surface area contributed by atoms with E-state index in [0.29, 0.717) is 17.4 Å². The van der Waals surface area contributed by atoms with E-state index in [1.165, 1.54) is 51.4 Å². The predicted molar refractivity (Wildman–Crippen MR) is 178 cm³/mol. The first kappa shape index (κ1) is 42.0. The van der Waals surface area contributed by atoms with Crippen molar-refractivity contribution in [2.75, 3.05) is 40.9 Å². The standard InChI is InChI=1S/C34H67N2O6P/c1-6-8-10-12-14-16-18-19-21-23-25-27-33(37)32(31-42-43(39,40)41-30-29-36(3,4)5)35-34(38)28-26-24-22-20-17-15-13-11-9-7-2/h11,13,25,27,32-33,37H,6-10,12,14-24,26,28-31H2,1-5H3,(H-,35,38,39,40)/b13-11-,27-25+. The molecule has 0 heterocycles. The second-order valence-corrected chi connectivity index (χ2v) is 14.3. The number of hydrogen-bond donors (Lipinski definition) is 2. The monoisotopic (exact) mass is 630 g/mol. The van der Waals surface area contributed by atoms with Crippen molar-refractivity contribution in [3.8, 4) is 0 Å². The zero-order valence-electron chi connectivity index (χ0n) is 28.4. The molecule has 0 aliphatic rings. The van der Waals surface area contributed by atoms with Gasteiger partial charge in [-0.1, -0.05) is 115 Å². The summed E-state index contributed by atoms with van der Waals surface area (Å²) in [4.78, 5) is 25.0. The van der Waals surface area contributed by atoms with E-state index in [1.807, 2.05) is 27.2 Å². The van der Waals surface area contributed by atoms with Crippen molar-refractivity contribution in [3.05, 3.63) is 24.3 Å². The van der Waals surface area contributed by atoms with Gasteiger partial charge in [0.05, 0.1) is 39.9 Å². The normalized spacial score (nSPS) is 15.2. The van der Waals surface area contributed by atoms with Gasteiger partial charge in [-0.15, -0.1) is 0 Å². The van der Waals surface area contributed by atoms with E-state index < -0.39 is 20.0 Å². The third-order valence-corrected chi connectivity index (χ3v) is 8.35. The Morgan fingerprint density at radius 3 is 1.91 bits per heavy atom. The Labute approximate surface area is 264 Å². The first-order chi connectivity index (χ1) is 20.5. The number of aliphatic hydroxyl groups excluding tert-OH is 1. The number of nitrogens with one attached hydrogen (secondary N) is 1. The van der Waals surface area contributed by atoms with E-state index in [4.69, 9.17) is 9.05 Å². The summed E-state index contributed by atoms with van der Waals surface area (Å²) >= 11 is 0. The predicted octanol–water partition coefficient (Wildman–Crippen LogP) is 7.60. The number of amides is 1. The summed E-state index contributed by atoms with van der Waals surface area (Å²) in [6.45, 7) is 4.52. The maximum atomic E-state index is 12.7. The van der Waals surface area contributed by atoms with Gasteiger partial charge in [-0.05, 0) is 38.5 Å². The third-order valence-electron chi connectivity index (χ3n) is 7.39. The van der Waals surface area contributed by atoms with E-state index in [2.05, 4.69) is 31.3 Å². The molecule has 0 aromatic carbocycles. The summed E-state index contributed by atoms with van der Waals surface area (Å²) in [7, 11) is 1.25. The number of carbonyl (C=O) groups excluding carboxylic acids is 1. The van der Waals surface area contributed by atoms with Crippen LogP contribution in [-0.4, -0.2) is 68.5 Å². The molecule has 43 heavy (non-hydrogen) atoms. The minimum absolute atomic E-state index is 0.00245. The number of phosphoric acid groups is 1. The zero-order valence-corrected chi connectivity index (χ0v) is 29.3. The third kappa shape index (κ3) is 29.5. The molecule has 0 saturated heterocycles. The van der Waals surface area contributed by atoms with Crippen molar-refractivity contribution >= 4 is 13.7 Å². The van der Waals surface area contributed by atoms with Gasteiger partial charge in [-0.2, -0.15) is 0 Å². The lowest BCUT2D eigenvalue weighted by Gasteiger charge is -2.29. The highest BCUT2D eigenvalue weighted by atomic mass is 31.2. The lowest BCUT2D eigenvalue weighted by atomic mass is 10.1. The van der Waals surface area contributed by atoms with E-state index in [-0.39, 0.29) is 19.1 Å². The molecule has 0 fully saturated rings. The van der Waals surface area contributed by atoms with Gasteiger partial charge < -0.3 is 28.8 Å². The van der Waals surface area contributed by atoms with Gasteiger partial charge in [0.1, 0.15) is 13.2 Å². The molecule has 8 nitrogen and oxygen atoms in total. The Morgan fingerprint density at radius 1 is 0.791 bits per heavy atom. The van der Waals surface area contributed by atoms with Gasteiger partial charge >= 0.3 is 0 Å². The minimum Gasteiger partial charge on any atom is -0.756 e. The quantitative estimate of drug-likeness (QED) is 0.0366. The van der Waals surface area contributed by atoms with Crippen LogP contribution in [0.1, 0.15) is 136 Å². The van der Waals surface area contributed by atoms with Crippen LogP contribution in [0.3, 0.4) is 0 Å². The first-order valence-corrected chi connectivity index (χ1v) is 18.7. The number of rotatable bonds is 30. The van der Waals surface area contributed by atoms with Crippen LogP contribution in [0.2, 0.25) is 0 Å². The summed E-state index contributed by atoms with van der Waals surface area (Å²) in [5.41, 5.74) is 0. The molecular weight excluding hydrogens is 563 g/mol. The Hall–Kier alpha value is -1.02. The van der Waals surface area contributed by atoms with Crippen molar-refractivity contribution in [2.24, 2.45) is 0 Å². The molecule has 0 aliphatic heterocycles. The molecule has 0 aliphatic carbocycles. The number of likely N-dealkylation sites (N-methyl/N-ethyl adjacent to an activating group) is 1. The Morgan fingerprint density at radius 2 is 1.33 bits per heavy atom.